The summed E-state index contributed by atoms with van der Waals surface area (Å²) in [5, 5.41) is 12.5. The third-order valence-electron chi connectivity index (χ3n) is 2.18. The number of nitrogens with two attached hydrogens (primary N) is 1. The summed E-state index contributed by atoms with van der Waals surface area (Å²) in [6.07, 6.45) is 0. The number of hydrogen-bond donors (Lipinski definition) is 2. The number of urea groups is 1. The molecule has 2 atom stereocenters. The molecule has 0 spiro atoms. The van der Waals surface area contributed by atoms with Crippen LogP contribution in [0.2, 0.25) is 0 Å². The van der Waals surface area contributed by atoms with Crippen LogP contribution in [0.1, 0.15) is 6.92 Å². The van der Waals surface area contributed by atoms with Gasteiger partial charge in [0.1, 0.15) is 5.92 Å². The Kier molecular flexibility index (Phi) is 6.59. The van der Waals surface area contributed by atoms with Crippen LogP contribution in [0.3, 0.4) is 0 Å². The highest BCUT2D eigenvalue weighted by Crippen LogP contribution is 2.17. The van der Waals surface area contributed by atoms with E-state index in [1.807, 2.05) is 5.43 Å². The Hall–Kier alpha value is -2.63. The Balaban J connectivity index is 5.38. The first kappa shape index (κ1) is 16.4. The van der Waals surface area contributed by atoms with E-state index in [-0.39, 0.29) is 5.71 Å². The van der Waals surface area contributed by atoms with E-state index in [1.165, 1.54) is 6.92 Å². The number of methoxy groups -OCH3 is 2. The minimum Gasteiger partial charge on any atom is -0.468 e. The van der Waals surface area contributed by atoms with Gasteiger partial charge in [0.2, 0.25) is 0 Å². The lowest BCUT2D eigenvalue weighted by Gasteiger charge is -2.17. The summed E-state index contributed by atoms with van der Waals surface area (Å²) >= 11 is 0. The zero-order chi connectivity index (χ0) is 15.0. The van der Waals surface area contributed by atoms with Crippen molar-refractivity contribution in [2.45, 2.75) is 6.92 Å². The van der Waals surface area contributed by atoms with Crippen LogP contribution in [0.15, 0.2) is 5.10 Å². The minimum atomic E-state index is -1.43. The topological polar surface area (TPSA) is 144 Å². The first-order chi connectivity index (χ1) is 8.88. The van der Waals surface area contributed by atoms with E-state index in [1.54, 1.807) is 6.07 Å². The first-order valence-corrected chi connectivity index (χ1v) is 5.03. The molecule has 0 aromatic heterocycles. The van der Waals surface area contributed by atoms with E-state index in [0.717, 1.165) is 14.2 Å². The van der Waals surface area contributed by atoms with Crippen molar-refractivity contribution in [2.75, 3.05) is 14.2 Å². The second-order valence-electron chi connectivity index (χ2n) is 3.36. The van der Waals surface area contributed by atoms with E-state index < -0.39 is 29.8 Å². The van der Waals surface area contributed by atoms with Gasteiger partial charge in [-0.3, -0.25) is 9.59 Å². The fourth-order valence-electron chi connectivity index (χ4n) is 1.28. The molecule has 0 rings (SSSR count). The van der Waals surface area contributed by atoms with Crippen molar-refractivity contribution in [3.63, 3.8) is 0 Å². The predicted octanol–water partition coefficient (Wildman–Crippen LogP) is -0.867. The van der Waals surface area contributed by atoms with Crippen LogP contribution < -0.4 is 11.2 Å². The Morgan fingerprint density at radius 3 is 2.16 bits per heavy atom. The third kappa shape index (κ3) is 4.63. The largest absolute Gasteiger partial charge is 0.468 e. The summed E-state index contributed by atoms with van der Waals surface area (Å²) in [5.41, 5.74) is 6.70. The van der Waals surface area contributed by atoms with E-state index in [4.69, 9.17) is 11.0 Å². The van der Waals surface area contributed by atoms with Crippen LogP contribution in [0.5, 0.6) is 0 Å². The lowest BCUT2D eigenvalue weighted by molar-refractivity contribution is -0.152. The van der Waals surface area contributed by atoms with Gasteiger partial charge in [0.05, 0.1) is 26.0 Å². The molecule has 2 amide bonds. The number of hydrazone groups is 1. The second-order valence-corrected chi connectivity index (χ2v) is 3.36. The molecular weight excluding hydrogens is 256 g/mol. The molecule has 0 saturated carbocycles. The van der Waals surface area contributed by atoms with Gasteiger partial charge >= 0.3 is 18.0 Å². The molecule has 9 nitrogen and oxygen atoms in total. The molecule has 0 aliphatic carbocycles. The lowest BCUT2D eigenvalue weighted by Crippen LogP contribution is -2.37. The smallest absolute Gasteiger partial charge is 0.332 e. The van der Waals surface area contributed by atoms with Gasteiger partial charge in [0.25, 0.3) is 0 Å². The molecule has 2 unspecified atom stereocenters. The highest BCUT2D eigenvalue weighted by molar-refractivity contribution is 6.05. The number of rotatable bonds is 5. The molecule has 0 aromatic carbocycles. The van der Waals surface area contributed by atoms with Crippen molar-refractivity contribution in [3.8, 4) is 6.07 Å². The molecule has 0 saturated heterocycles. The van der Waals surface area contributed by atoms with Gasteiger partial charge < -0.3 is 15.2 Å². The van der Waals surface area contributed by atoms with Crippen LogP contribution in [0.25, 0.3) is 0 Å². The van der Waals surface area contributed by atoms with Crippen LogP contribution in [0, 0.1) is 23.2 Å². The monoisotopic (exact) mass is 270 g/mol. The summed E-state index contributed by atoms with van der Waals surface area (Å²) < 4.78 is 8.91. The molecule has 0 heterocycles. The molecule has 19 heavy (non-hydrogen) atoms. The number of carbonyl (C=O) groups excluding carboxylic acids is 3. The van der Waals surface area contributed by atoms with Gasteiger partial charge in [-0.05, 0) is 6.92 Å². The van der Waals surface area contributed by atoms with Crippen molar-refractivity contribution < 1.29 is 23.9 Å². The number of nitrogens with zero attached hydrogens (tertiary/aromatic N) is 2. The maximum absolute atomic E-state index is 11.6. The second kappa shape index (κ2) is 7.65. The number of amides is 2. The Morgan fingerprint density at radius 1 is 1.26 bits per heavy atom. The Labute approximate surface area is 109 Å². The normalized spacial score (nSPS) is 13.7. The maximum Gasteiger partial charge on any atom is 0.332 e. The summed E-state index contributed by atoms with van der Waals surface area (Å²) in [6, 6.07) is 0.687. The highest BCUT2D eigenvalue weighted by Gasteiger charge is 2.38. The number of carbonyl (C=O) groups is 3. The van der Waals surface area contributed by atoms with Crippen LogP contribution in [-0.2, 0) is 19.1 Å². The maximum atomic E-state index is 11.6. The molecule has 0 bridgehead atoms. The first-order valence-electron chi connectivity index (χ1n) is 5.03. The van der Waals surface area contributed by atoms with Gasteiger partial charge in [-0.2, -0.15) is 10.4 Å². The van der Waals surface area contributed by atoms with Crippen molar-refractivity contribution in [2.24, 2.45) is 22.7 Å². The molecule has 104 valence electrons. The van der Waals surface area contributed by atoms with E-state index in [0.29, 0.717) is 0 Å². The van der Waals surface area contributed by atoms with E-state index in [2.05, 4.69) is 14.6 Å². The zero-order valence-electron chi connectivity index (χ0n) is 10.7. The molecule has 0 aliphatic heterocycles. The van der Waals surface area contributed by atoms with E-state index >= 15 is 0 Å². The predicted molar refractivity (Wildman–Crippen MR) is 62.5 cm³/mol. The number of hydrogen-bond acceptors (Lipinski definition) is 7. The van der Waals surface area contributed by atoms with E-state index in [9.17, 15) is 14.4 Å². The Bertz CT molecular complexity index is 440. The number of esters is 2. The van der Waals surface area contributed by atoms with Gasteiger partial charge in [-0.25, -0.2) is 10.2 Å². The number of nitrogens with one attached hydrogen (secondary N) is 1. The summed E-state index contributed by atoms with van der Waals surface area (Å²) in [6.45, 7) is 1.34. The van der Waals surface area contributed by atoms with Gasteiger partial charge in [0.15, 0.2) is 5.92 Å². The quantitative estimate of drug-likeness (QED) is 0.377. The summed E-state index contributed by atoms with van der Waals surface area (Å²) in [4.78, 5) is 33.6. The molecule has 9 heteroatoms. The van der Waals surface area contributed by atoms with Crippen molar-refractivity contribution in [1.29, 1.82) is 5.26 Å². The highest BCUT2D eigenvalue weighted by atomic mass is 16.5. The molecule has 0 aromatic rings. The molecule has 0 radical (unpaired) electrons. The minimum absolute atomic E-state index is 0.0115. The molecule has 0 fully saturated rings. The molecule has 0 aliphatic rings. The SMILES string of the molecule is COC(=O)C(C#N)C(C(=O)OC)/C(C)=N/NC(N)=O. The van der Waals surface area contributed by atoms with Gasteiger partial charge in [0, 0.05) is 0 Å². The van der Waals surface area contributed by atoms with Crippen molar-refractivity contribution in [3.05, 3.63) is 0 Å². The standard InChI is InChI=1S/C10H14N4O5/c1-5(13-14-10(12)17)7(9(16)19-3)6(4-11)8(15)18-2/h6-7H,1-3H3,(H3,12,14,17)/b13-5+. The van der Waals surface area contributed by atoms with Crippen LogP contribution in [-0.4, -0.2) is 37.9 Å². The fourth-order valence-corrected chi connectivity index (χ4v) is 1.28. The lowest BCUT2D eigenvalue weighted by atomic mass is 9.89. The number of primary amides is 1. The zero-order valence-corrected chi connectivity index (χ0v) is 10.7. The van der Waals surface area contributed by atoms with Gasteiger partial charge in [-0.15, -0.1) is 0 Å². The molecular formula is C10H14N4O5. The fraction of sp³-hybridized carbons (Fsp3) is 0.500. The number of nitriles is 1. The third-order valence-corrected chi connectivity index (χ3v) is 2.18. The average molecular weight is 270 g/mol. The van der Waals surface area contributed by atoms with Crippen molar-refractivity contribution in [1.82, 2.24) is 5.43 Å². The number of ether oxygens (including phenoxy) is 2. The van der Waals surface area contributed by atoms with Crippen LogP contribution in [0.4, 0.5) is 4.79 Å². The van der Waals surface area contributed by atoms with Gasteiger partial charge in [-0.1, -0.05) is 0 Å². The Morgan fingerprint density at radius 2 is 1.79 bits per heavy atom. The average Bonchev–Trinajstić information content (AvgIpc) is 2.40. The summed E-state index contributed by atoms with van der Waals surface area (Å²) in [7, 11) is 2.17. The van der Waals surface area contributed by atoms with Crippen molar-refractivity contribution >= 4 is 23.7 Å². The summed E-state index contributed by atoms with van der Waals surface area (Å²) in [5.74, 6) is -4.50. The van der Waals surface area contributed by atoms with Crippen LogP contribution >= 0.6 is 0 Å². The molecule has 3 N–H and O–H groups in total.